The van der Waals surface area contributed by atoms with E-state index in [4.69, 9.17) is 14.3 Å². The fourth-order valence-corrected chi connectivity index (χ4v) is 2.85. The molecule has 2 rings (SSSR count). The summed E-state index contributed by atoms with van der Waals surface area (Å²) in [6, 6.07) is 8.16. The largest absolute Gasteiger partial charge is 0.463 e. The van der Waals surface area contributed by atoms with Crippen molar-refractivity contribution in [2.45, 2.75) is 33.2 Å². The van der Waals surface area contributed by atoms with Crippen molar-refractivity contribution in [2.24, 2.45) is 5.16 Å². The topological polar surface area (TPSA) is 60.4 Å². The maximum Gasteiger partial charge on any atom is 0.347 e. The Morgan fingerprint density at radius 2 is 1.88 bits per heavy atom. The number of morpholine rings is 1. The molecular formula is C19H28N2O4. The Bertz CT molecular complexity index is 590. The third kappa shape index (κ3) is 5.28. The summed E-state index contributed by atoms with van der Waals surface area (Å²) in [7, 11) is 0. The van der Waals surface area contributed by atoms with E-state index < -0.39 is 5.97 Å². The molecule has 1 aliphatic heterocycles. The van der Waals surface area contributed by atoms with Crippen LogP contribution in [0.3, 0.4) is 0 Å². The molecule has 0 saturated carbocycles. The molecule has 6 nitrogen and oxygen atoms in total. The number of rotatable bonds is 7. The molecule has 0 aliphatic carbocycles. The van der Waals surface area contributed by atoms with Crippen molar-refractivity contribution >= 4 is 11.7 Å². The van der Waals surface area contributed by atoms with E-state index in [0.717, 1.165) is 24.4 Å². The second kappa shape index (κ2) is 8.97. The zero-order chi connectivity index (χ0) is 18.3. The molecule has 0 aromatic heterocycles. The third-order valence-electron chi connectivity index (χ3n) is 4.35. The number of hydrogen-bond donors (Lipinski definition) is 0. The molecule has 1 saturated heterocycles. The summed E-state index contributed by atoms with van der Waals surface area (Å²) < 4.78 is 10.3. The van der Waals surface area contributed by atoms with Crippen LogP contribution in [-0.2, 0) is 19.1 Å². The highest BCUT2D eigenvalue weighted by Gasteiger charge is 2.35. The average Bonchev–Trinajstić information content (AvgIpc) is 2.61. The van der Waals surface area contributed by atoms with Gasteiger partial charge in [0.05, 0.1) is 25.4 Å². The monoisotopic (exact) mass is 348 g/mol. The van der Waals surface area contributed by atoms with Gasteiger partial charge in [0, 0.05) is 18.7 Å². The molecule has 25 heavy (non-hydrogen) atoms. The van der Waals surface area contributed by atoms with Crippen LogP contribution in [0.15, 0.2) is 29.4 Å². The summed E-state index contributed by atoms with van der Waals surface area (Å²) in [6.07, 6.45) is 0. The lowest BCUT2D eigenvalue weighted by Crippen LogP contribution is -2.54. The van der Waals surface area contributed by atoms with Gasteiger partial charge in [0.1, 0.15) is 5.71 Å². The van der Waals surface area contributed by atoms with Crippen LogP contribution in [0.2, 0.25) is 0 Å². The van der Waals surface area contributed by atoms with Gasteiger partial charge in [-0.3, -0.25) is 4.90 Å². The van der Waals surface area contributed by atoms with E-state index in [9.17, 15) is 4.79 Å². The zero-order valence-corrected chi connectivity index (χ0v) is 15.6. The second-order valence-corrected chi connectivity index (χ2v) is 6.54. The Labute approximate surface area is 149 Å². The number of benzene rings is 1. The summed E-state index contributed by atoms with van der Waals surface area (Å²) in [5, 5.41) is 4.33. The Kier molecular flexibility index (Phi) is 6.96. The first kappa shape index (κ1) is 19.4. The highest BCUT2D eigenvalue weighted by molar-refractivity contribution is 6.06. The van der Waals surface area contributed by atoms with Crippen molar-refractivity contribution in [3.8, 4) is 0 Å². The number of ether oxygens (including phenoxy) is 2. The molecule has 1 fully saturated rings. The molecule has 6 heteroatoms. The molecule has 1 aliphatic rings. The molecule has 0 N–H and O–H groups in total. The number of aryl methyl sites for hydroxylation is 1. The van der Waals surface area contributed by atoms with Crippen LogP contribution < -0.4 is 0 Å². The number of carbonyl (C=O) groups excluding carboxylic acids is 1. The van der Waals surface area contributed by atoms with E-state index >= 15 is 0 Å². The number of hydrogen-bond acceptors (Lipinski definition) is 6. The molecule has 0 amide bonds. The van der Waals surface area contributed by atoms with Gasteiger partial charge >= 0.3 is 5.97 Å². The lowest BCUT2D eigenvalue weighted by molar-refractivity contribution is -0.148. The van der Waals surface area contributed by atoms with Gasteiger partial charge in [0.25, 0.3) is 0 Å². The molecule has 0 atom stereocenters. The molecule has 0 unspecified atom stereocenters. The maximum atomic E-state index is 11.5. The summed E-state index contributed by atoms with van der Waals surface area (Å²) >= 11 is 0. The van der Waals surface area contributed by atoms with Gasteiger partial charge in [-0.2, -0.15) is 0 Å². The highest BCUT2D eigenvalue weighted by atomic mass is 16.7. The van der Waals surface area contributed by atoms with E-state index in [1.807, 2.05) is 31.2 Å². The molecular weight excluding hydrogens is 320 g/mol. The van der Waals surface area contributed by atoms with Crippen molar-refractivity contribution in [3.63, 3.8) is 0 Å². The highest BCUT2D eigenvalue weighted by Crippen LogP contribution is 2.23. The van der Waals surface area contributed by atoms with Crippen molar-refractivity contribution < 1.29 is 19.1 Å². The zero-order valence-electron chi connectivity index (χ0n) is 15.6. The Balaban J connectivity index is 2.24. The fourth-order valence-electron chi connectivity index (χ4n) is 2.85. The molecule has 0 spiro atoms. The van der Waals surface area contributed by atoms with Crippen LogP contribution >= 0.6 is 0 Å². The van der Waals surface area contributed by atoms with Gasteiger partial charge in [-0.25, -0.2) is 4.79 Å². The van der Waals surface area contributed by atoms with Gasteiger partial charge in [-0.1, -0.05) is 35.0 Å². The standard InChI is InChI=1S/C19H28N2O4/c1-5-24-17(22)14-25-20-18(16-8-6-15(2)7-9-16)19(3,4)21-10-12-23-13-11-21/h6-9H,5,10-14H2,1-4H3/b20-18+. The van der Waals surface area contributed by atoms with Crippen LogP contribution in [0, 0.1) is 6.92 Å². The summed E-state index contributed by atoms with van der Waals surface area (Å²) in [5.74, 6) is -0.418. The SMILES string of the molecule is CCOC(=O)CO/N=C(\c1ccc(C)cc1)C(C)(C)N1CCOCC1. The number of nitrogens with zero attached hydrogens (tertiary/aromatic N) is 2. The molecule has 0 radical (unpaired) electrons. The summed E-state index contributed by atoms with van der Waals surface area (Å²) in [4.78, 5) is 19.2. The van der Waals surface area contributed by atoms with Crippen molar-refractivity contribution in [3.05, 3.63) is 35.4 Å². The number of esters is 1. The quantitative estimate of drug-likeness (QED) is 0.430. The van der Waals surface area contributed by atoms with Crippen molar-refractivity contribution in [2.75, 3.05) is 39.5 Å². The second-order valence-electron chi connectivity index (χ2n) is 6.54. The first-order valence-electron chi connectivity index (χ1n) is 8.71. The van der Waals surface area contributed by atoms with Gasteiger partial charge in [-0.05, 0) is 27.7 Å². The van der Waals surface area contributed by atoms with Gasteiger partial charge in [0.15, 0.2) is 0 Å². The predicted molar refractivity (Wildman–Crippen MR) is 96.8 cm³/mol. The lowest BCUT2D eigenvalue weighted by atomic mass is 9.89. The molecule has 1 aromatic rings. The minimum atomic E-state index is -0.418. The Morgan fingerprint density at radius 1 is 1.24 bits per heavy atom. The van der Waals surface area contributed by atoms with Gasteiger partial charge < -0.3 is 14.3 Å². The van der Waals surface area contributed by atoms with Crippen LogP contribution in [0.25, 0.3) is 0 Å². The van der Waals surface area contributed by atoms with E-state index in [1.54, 1.807) is 6.92 Å². The van der Waals surface area contributed by atoms with E-state index in [0.29, 0.717) is 19.8 Å². The minimum Gasteiger partial charge on any atom is -0.463 e. The van der Waals surface area contributed by atoms with Crippen LogP contribution in [0.5, 0.6) is 0 Å². The Hall–Kier alpha value is -1.92. The Morgan fingerprint density at radius 3 is 2.48 bits per heavy atom. The van der Waals surface area contributed by atoms with E-state index in [2.05, 4.69) is 23.9 Å². The van der Waals surface area contributed by atoms with Crippen LogP contribution in [-0.4, -0.2) is 61.6 Å². The molecule has 138 valence electrons. The number of oxime groups is 1. The third-order valence-corrected chi connectivity index (χ3v) is 4.35. The molecule has 0 bridgehead atoms. The maximum absolute atomic E-state index is 11.5. The van der Waals surface area contributed by atoms with Crippen molar-refractivity contribution in [1.29, 1.82) is 0 Å². The number of carbonyl (C=O) groups is 1. The average molecular weight is 348 g/mol. The predicted octanol–water partition coefficient (Wildman–Crippen LogP) is 2.39. The molecule has 1 aromatic carbocycles. The smallest absolute Gasteiger partial charge is 0.347 e. The fraction of sp³-hybridized carbons (Fsp3) is 0.579. The minimum absolute atomic E-state index is 0.192. The van der Waals surface area contributed by atoms with Gasteiger partial charge in [-0.15, -0.1) is 0 Å². The molecule has 1 heterocycles. The van der Waals surface area contributed by atoms with Crippen LogP contribution in [0.1, 0.15) is 31.9 Å². The van der Waals surface area contributed by atoms with Crippen LogP contribution in [0.4, 0.5) is 0 Å². The first-order chi connectivity index (χ1) is 11.9. The van der Waals surface area contributed by atoms with E-state index in [-0.39, 0.29) is 12.1 Å². The van der Waals surface area contributed by atoms with Gasteiger partial charge in [0.2, 0.25) is 6.61 Å². The summed E-state index contributed by atoms with van der Waals surface area (Å²) in [5.41, 5.74) is 2.60. The summed E-state index contributed by atoms with van der Waals surface area (Å²) in [6.45, 7) is 11.2. The van der Waals surface area contributed by atoms with E-state index in [1.165, 1.54) is 5.56 Å². The first-order valence-corrected chi connectivity index (χ1v) is 8.71. The lowest BCUT2D eigenvalue weighted by Gasteiger charge is -2.41. The van der Waals surface area contributed by atoms with Crippen molar-refractivity contribution in [1.82, 2.24) is 4.90 Å². The normalized spacial score (nSPS) is 16.6.